The van der Waals surface area contributed by atoms with Crippen LogP contribution >= 0.6 is 23.2 Å². The minimum atomic E-state index is 0.285. The monoisotopic (exact) mass is 374 g/mol. The fraction of sp³-hybridized carbons (Fsp3) is 0.222. The number of piperazine rings is 1. The smallest absolute Gasteiger partial charge is 0.147 e. The van der Waals surface area contributed by atoms with Gasteiger partial charge in [-0.25, -0.2) is 4.98 Å². The highest BCUT2D eigenvalue weighted by atomic mass is 35.5. The van der Waals surface area contributed by atoms with Gasteiger partial charge in [0.05, 0.1) is 27.3 Å². The first-order valence-corrected chi connectivity index (χ1v) is 8.76. The number of nitrogens with zero attached hydrogens (tertiary/aromatic N) is 4. The SMILES string of the molecule is Oc1ccc(N2CCN(c3cnc4cc(Cl)c(Cl)cc4n3)CC2)cc1. The second-order valence-corrected chi connectivity index (χ2v) is 6.79. The maximum Gasteiger partial charge on any atom is 0.147 e. The van der Waals surface area contributed by atoms with Crippen molar-refractivity contribution in [2.24, 2.45) is 0 Å². The summed E-state index contributed by atoms with van der Waals surface area (Å²) in [6.45, 7) is 3.46. The molecule has 0 bridgehead atoms. The van der Waals surface area contributed by atoms with E-state index in [1.54, 1.807) is 30.5 Å². The van der Waals surface area contributed by atoms with Gasteiger partial charge < -0.3 is 14.9 Å². The van der Waals surface area contributed by atoms with Crippen molar-refractivity contribution in [3.63, 3.8) is 0 Å². The molecule has 0 spiro atoms. The lowest BCUT2D eigenvalue weighted by atomic mass is 10.2. The molecule has 0 unspecified atom stereocenters. The lowest BCUT2D eigenvalue weighted by molar-refractivity contribution is 0.475. The van der Waals surface area contributed by atoms with Gasteiger partial charge in [-0.1, -0.05) is 23.2 Å². The van der Waals surface area contributed by atoms with E-state index in [0.29, 0.717) is 10.0 Å². The van der Waals surface area contributed by atoms with Crippen molar-refractivity contribution in [1.82, 2.24) is 9.97 Å². The Kier molecular flexibility index (Phi) is 4.27. The molecule has 1 saturated heterocycles. The first-order chi connectivity index (χ1) is 12.1. The second-order valence-electron chi connectivity index (χ2n) is 5.97. The summed E-state index contributed by atoms with van der Waals surface area (Å²) in [6, 6.07) is 10.8. The highest BCUT2D eigenvalue weighted by Crippen LogP contribution is 2.27. The molecule has 0 amide bonds. The maximum absolute atomic E-state index is 9.41. The summed E-state index contributed by atoms with van der Waals surface area (Å²) in [5.41, 5.74) is 2.59. The van der Waals surface area contributed by atoms with Gasteiger partial charge >= 0.3 is 0 Å². The molecule has 2 heterocycles. The molecule has 1 aromatic heterocycles. The van der Waals surface area contributed by atoms with Crippen LogP contribution in [0.3, 0.4) is 0 Å². The van der Waals surface area contributed by atoms with E-state index in [1.807, 2.05) is 12.1 Å². The number of phenolic OH excluding ortho intramolecular Hbond substituents is 1. The van der Waals surface area contributed by atoms with E-state index in [2.05, 4.69) is 19.8 Å². The summed E-state index contributed by atoms with van der Waals surface area (Å²) < 4.78 is 0. The third kappa shape index (κ3) is 3.30. The van der Waals surface area contributed by atoms with Crippen molar-refractivity contribution in [3.8, 4) is 5.75 Å². The zero-order valence-electron chi connectivity index (χ0n) is 13.4. The minimum Gasteiger partial charge on any atom is -0.508 e. The average molecular weight is 375 g/mol. The van der Waals surface area contributed by atoms with Crippen LogP contribution in [0.2, 0.25) is 10.0 Å². The minimum absolute atomic E-state index is 0.285. The van der Waals surface area contributed by atoms with Crippen LogP contribution in [0, 0.1) is 0 Å². The second kappa shape index (κ2) is 6.58. The molecule has 1 aliphatic rings. The van der Waals surface area contributed by atoms with Gasteiger partial charge in [-0.3, -0.25) is 4.98 Å². The van der Waals surface area contributed by atoms with Gasteiger partial charge in [0.25, 0.3) is 0 Å². The van der Waals surface area contributed by atoms with Crippen LogP contribution < -0.4 is 9.80 Å². The van der Waals surface area contributed by atoms with E-state index in [9.17, 15) is 5.11 Å². The van der Waals surface area contributed by atoms with Crippen molar-refractivity contribution in [2.75, 3.05) is 36.0 Å². The van der Waals surface area contributed by atoms with Crippen LogP contribution in [0.1, 0.15) is 0 Å². The molecule has 25 heavy (non-hydrogen) atoms. The predicted molar refractivity (Wildman–Crippen MR) is 102 cm³/mol. The fourth-order valence-corrected chi connectivity index (χ4v) is 3.32. The van der Waals surface area contributed by atoms with Gasteiger partial charge in [0.1, 0.15) is 11.6 Å². The summed E-state index contributed by atoms with van der Waals surface area (Å²) in [7, 11) is 0. The number of aromatic nitrogens is 2. The van der Waals surface area contributed by atoms with Crippen LogP contribution in [0.5, 0.6) is 5.75 Å². The summed E-state index contributed by atoms with van der Waals surface area (Å²) in [4.78, 5) is 13.6. The Balaban J connectivity index is 1.51. The number of anilines is 2. The van der Waals surface area contributed by atoms with Gasteiger partial charge in [-0.05, 0) is 36.4 Å². The molecule has 0 radical (unpaired) electrons. The standard InChI is InChI=1S/C18H16Cl2N4O/c19-14-9-16-17(10-15(14)20)22-18(11-21-16)24-7-5-23(6-8-24)12-1-3-13(25)4-2-12/h1-4,9-11,25H,5-8H2. The lowest BCUT2D eigenvalue weighted by Gasteiger charge is -2.36. The van der Waals surface area contributed by atoms with Crippen LogP contribution in [0.25, 0.3) is 11.0 Å². The molecule has 5 nitrogen and oxygen atoms in total. The van der Waals surface area contributed by atoms with E-state index in [4.69, 9.17) is 23.2 Å². The van der Waals surface area contributed by atoms with Crippen molar-refractivity contribution < 1.29 is 5.11 Å². The van der Waals surface area contributed by atoms with Crippen molar-refractivity contribution in [3.05, 3.63) is 52.6 Å². The molecule has 0 atom stereocenters. The third-order valence-electron chi connectivity index (χ3n) is 4.39. The highest BCUT2D eigenvalue weighted by Gasteiger charge is 2.19. The van der Waals surface area contributed by atoms with Crippen LogP contribution in [-0.4, -0.2) is 41.3 Å². The summed E-state index contributed by atoms with van der Waals surface area (Å²) in [5, 5.41) is 10.4. The van der Waals surface area contributed by atoms with Gasteiger partial charge in [-0.2, -0.15) is 0 Å². The van der Waals surface area contributed by atoms with E-state index >= 15 is 0 Å². The normalized spacial score (nSPS) is 15.0. The van der Waals surface area contributed by atoms with E-state index in [1.165, 1.54) is 0 Å². The molecule has 0 aliphatic carbocycles. The largest absolute Gasteiger partial charge is 0.508 e. The topological polar surface area (TPSA) is 52.5 Å². The molecule has 3 aromatic rings. The Morgan fingerprint density at radius 1 is 0.840 bits per heavy atom. The first-order valence-electron chi connectivity index (χ1n) is 8.01. The third-order valence-corrected chi connectivity index (χ3v) is 5.11. The Hall–Kier alpha value is -2.24. The molecule has 2 aromatic carbocycles. The highest BCUT2D eigenvalue weighted by molar-refractivity contribution is 6.42. The number of hydrogen-bond acceptors (Lipinski definition) is 5. The van der Waals surface area contributed by atoms with Crippen molar-refractivity contribution in [1.29, 1.82) is 0 Å². The molecular weight excluding hydrogens is 359 g/mol. The molecule has 1 N–H and O–H groups in total. The molecular formula is C18H16Cl2N4O. The number of hydrogen-bond donors (Lipinski definition) is 1. The summed E-state index contributed by atoms with van der Waals surface area (Å²) in [5.74, 6) is 1.13. The van der Waals surface area contributed by atoms with E-state index in [-0.39, 0.29) is 5.75 Å². The van der Waals surface area contributed by atoms with Crippen molar-refractivity contribution in [2.45, 2.75) is 0 Å². The van der Waals surface area contributed by atoms with E-state index < -0.39 is 0 Å². The average Bonchev–Trinajstić information content (AvgIpc) is 2.63. The van der Waals surface area contributed by atoms with Crippen LogP contribution in [0.4, 0.5) is 11.5 Å². The van der Waals surface area contributed by atoms with Gasteiger partial charge in [0, 0.05) is 31.9 Å². The summed E-state index contributed by atoms with van der Waals surface area (Å²) >= 11 is 12.1. The van der Waals surface area contributed by atoms with E-state index in [0.717, 1.165) is 48.7 Å². The number of halogens is 2. The van der Waals surface area contributed by atoms with Gasteiger partial charge in [0.2, 0.25) is 0 Å². The molecule has 128 valence electrons. The number of benzene rings is 2. The Morgan fingerprint density at radius 2 is 1.44 bits per heavy atom. The lowest BCUT2D eigenvalue weighted by Crippen LogP contribution is -2.46. The molecule has 7 heteroatoms. The van der Waals surface area contributed by atoms with Crippen molar-refractivity contribution >= 4 is 45.7 Å². The fourth-order valence-electron chi connectivity index (χ4n) is 3.01. The van der Waals surface area contributed by atoms with Gasteiger partial charge in [0.15, 0.2) is 0 Å². The number of phenols is 1. The first kappa shape index (κ1) is 16.2. The Bertz CT molecular complexity index is 909. The molecule has 4 rings (SSSR count). The number of rotatable bonds is 2. The van der Waals surface area contributed by atoms with Gasteiger partial charge in [-0.15, -0.1) is 0 Å². The Labute approximate surface area is 155 Å². The number of fused-ring (bicyclic) bond motifs is 1. The molecule has 1 aliphatic heterocycles. The zero-order valence-corrected chi connectivity index (χ0v) is 14.9. The Morgan fingerprint density at radius 3 is 2.12 bits per heavy atom. The quantitative estimate of drug-likeness (QED) is 0.735. The van der Waals surface area contributed by atoms with Crippen LogP contribution in [0.15, 0.2) is 42.6 Å². The molecule has 1 fully saturated rings. The number of aromatic hydroxyl groups is 1. The summed E-state index contributed by atoms with van der Waals surface area (Å²) in [6.07, 6.45) is 1.78. The maximum atomic E-state index is 9.41. The zero-order chi connectivity index (χ0) is 17.4. The molecule has 0 saturated carbocycles. The van der Waals surface area contributed by atoms with Crippen LogP contribution in [-0.2, 0) is 0 Å². The predicted octanol–water partition coefficient (Wildman–Crippen LogP) is 3.97.